The Kier molecular flexibility index (Phi) is 4.42. The van der Waals surface area contributed by atoms with Crippen LogP contribution in [0.25, 0.3) is 0 Å². The molecule has 2 fully saturated rings. The second kappa shape index (κ2) is 6.48. The number of carbonyl (C=O) groups excluding carboxylic acids is 1. The van der Waals surface area contributed by atoms with Crippen LogP contribution in [0.4, 0.5) is 5.69 Å². The Hall–Kier alpha value is -1.89. The van der Waals surface area contributed by atoms with Gasteiger partial charge in [0.2, 0.25) is 5.91 Å². The van der Waals surface area contributed by atoms with E-state index in [1.165, 1.54) is 32.1 Å². The smallest absolute Gasteiger partial charge is 0.229 e. The zero-order valence-corrected chi connectivity index (χ0v) is 13.2. The summed E-state index contributed by atoms with van der Waals surface area (Å²) in [5.41, 5.74) is 1.15. The Balaban J connectivity index is 1.57. The highest BCUT2D eigenvalue weighted by Gasteiger charge is 2.34. The van der Waals surface area contributed by atoms with Gasteiger partial charge in [0.15, 0.2) is 0 Å². The van der Waals surface area contributed by atoms with Gasteiger partial charge in [-0.15, -0.1) is 0 Å². The number of hydrogen-bond donors (Lipinski definition) is 0. The molecule has 0 N–H and O–H groups in total. The second-order valence-corrected chi connectivity index (χ2v) is 6.71. The van der Waals surface area contributed by atoms with Gasteiger partial charge in [-0.05, 0) is 49.7 Å². The predicted molar refractivity (Wildman–Crippen MR) is 85.2 cm³/mol. The first-order chi connectivity index (χ1) is 10.7. The van der Waals surface area contributed by atoms with Crippen molar-refractivity contribution in [1.29, 1.82) is 5.26 Å². The molecule has 0 aromatic carbocycles. The molecule has 4 nitrogen and oxygen atoms in total. The largest absolute Gasteiger partial charge is 0.314 e. The molecular formula is C18H23N3O. The van der Waals surface area contributed by atoms with E-state index < -0.39 is 0 Å². The molecule has 4 heteroatoms. The number of nitriles is 1. The second-order valence-electron chi connectivity index (χ2n) is 6.71. The minimum absolute atomic E-state index is 0.150. The van der Waals surface area contributed by atoms with Crippen LogP contribution in [0.1, 0.15) is 50.6 Å². The highest BCUT2D eigenvalue weighted by molar-refractivity contribution is 5.94. The predicted octanol–water partition coefficient (Wildman–Crippen LogP) is 3.52. The van der Waals surface area contributed by atoms with Crippen molar-refractivity contribution in [2.75, 3.05) is 11.9 Å². The van der Waals surface area contributed by atoms with Crippen LogP contribution in [-0.4, -0.2) is 17.9 Å². The zero-order valence-electron chi connectivity index (χ0n) is 13.2. The van der Waals surface area contributed by atoms with Gasteiger partial charge < -0.3 is 4.90 Å². The van der Waals surface area contributed by atoms with Gasteiger partial charge in [-0.25, -0.2) is 4.98 Å². The molecule has 0 saturated heterocycles. The van der Waals surface area contributed by atoms with E-state index in [1.54, 1.807) is 23.2 Å². The molecule has 2 saturated carbocycles. The summed E-state index contributed by atoms with van der Waals surface area (Å²) in [5, 5.41) is 8.78. The molecule has 0 spiro atoms. The summed E-state index contributed by atoms with van der Waals surface area (Å²) in [6.07, 6.45) is 10.3. The summed E-state index contributed by atoms with van der Waals surface area (Å²) in [7, 11) is 1.81. The van der Waals surface area contributed by atoms with Crippen molar-refractivity contribution in [3.63, 3.8) is 0 Å². The molecule has 0 aliphatic heterocycles. The van der Waals surface area contributed by atoms with Gasteiger partial charge in [-0.1, -0.05) is 19.3 Å². The number of nitrogens with zero attached hydrogens (tertiary/aromatic N) is 3. The average molecular weight is 297 g/mol. The van der Waals surface area contributed by atoms with Crippen molar-refractivity contribution in [2.24, 2.45) is 17.8 Å². The van der Waals surface area contributed by atoms with Crippen LogP contribution in [-0.2, 0) is 4.79 Å². The van der Waals surface area contributed by atoms with E-state index in [0.29, 0.717) is 5.69 Å². The highest BCUT2D eigenvalue weighted by atomic mass is 16.2. The van der Waals surface area contributed by atoms with Crippen LogP contribution in [0.2, 0.25) is 0 Å². The first-order valence-corrected chi connectivity index (χ1v) is 8.32. The summed E-state index contributed by atoms with van der Waals surface area (Å²) < 4.78 is 0. The van der Waals surface area contributed by atoms with E-state index in [-0.39, 0.29) is 11.8 Å². The molecule has 116 valence electrons. The van der Waals surface area contributed by atoms with Crippen molar-refractivity contribution in [2.45, 2.75) is 44.9 Å². The zero-order chi connectivity index (χ0) is 15.5. The maximum Gasteiger partial charge on any atom is 0.229 e. The third-order valence-electron chi connectivity index (χ3n) is 5.52. The van der Waals surface area contributed by atoms with Gasteiger partial charge in [-0.2, -0.15) is 5.26 Å². The maximum absolute atomic E-state index is 12.6. The van der Waals surface area contributed by atoms with Gasteiger partial charge in [0, 0.05) is 13.0 Å². The molecule has 2 aliphatic rings. The average Bonchev–Trinajstić information content (AvgIpc) is 2.53. The number of hydrogen-bond acceptors (Lipinski definition) is 3. The Bertz CT molecular complexity index is 563. The molecule has 2 aliphatic carbocycles. The number of aromatic nitrogens is 1. The number of pyridine rings is 1. The molecule has 0 radical (unpaired) electrons. The van der Waals surface area contributed by atoms with Crippen molar-refractivity contribution in [3.05, 3.63) is 24.0 Å². The van der Waals surface area contributed by atoms with Crippen LogP contribution in [0, 0.1) is 29.1 Å². The number of rotatable bonds is 3. The molecule has 0 bridgehead atoms. The molecule has 1 aromatic heterocycles. The van der Waals surface area contributed by atoms with Gasteiger partial charge in [0.25, 0.3) is 0 Å². The topological polar surface area (TPSA) is 57.0 Å². The van der Waals surface area contributed by atoms with E-state index in [4.69, 9.17) is 5.26 Å². The summed E-state index contributed by atoms with van der Waals surface area (Å²) >= 11 is 0. The molecule has 1 heterocycles. The lowest BCUT2D eigenvalue weighted by Gasteiger charge is -2.38. The van der Waals surface area contributed by atoms with Crippen molar-refractivity contribution in [3.8, 4) is 6.07 Å². The van der Waals surface area contributed by atoms with Gasteiger partial charge in [0.1, 0.15) is 11.8 Å². The van der Waals surface area contributed by atoms with E-state index >= 15 is 0 Å². The van der Waals surface area contributed by atoms with Gasteiger partial charge in [0.05, 0.1) is 11.9 Å². The van der Waals surface area contributed by atoms with Gasteiger partial charge >= 0.3 is 0 Å². The third-order valence-corrected chi connectivity index (χ3v) is 5.52. The summed E-state index contributed by atoms with van der Waals surface area (Å²) in [4.78, 5) is 18.4. The Morgan fingerprint density at radius 1 is 1.18 bits per heavy atom. The fraction of sp³-hybridized carbons (Fsp3) is 0.611. The Labute approximate surface area is 132 Å². The lowest BCUT2D eigenvalue weighted by Crippen LogP contribution is -2.36. The van der Waals surface area contributed by atoms with Crippen LogP contribution < -0.4 is 4.90 Å². The van der Waals surface area contributed by atoms with Crippen molar-refractivity contribution < 1.29 is 4.79 Å². The Morgan fingerprint density at radius 2 is 1.86 bits per heavy atom. The summed E-state index contributed by atoms with van der Waals surface area (Å²) in [6.45, 7) is 0. The molecule has 1 amide bonds. The summed E-state index contributed by atoms with van der Waals surface area (Å²) in [5.74, 6) is 2.15. The maximum atomic E-state index is 12.6. The van der Waals surface area contributed by atoms with E-state index in [0.717, 1.165) is 30.4 Å². The SMILES string of the molecule is CN(C(=O)C1CCC(C2CCC2)CC1)c1ccc(C#N)nc1. The Morgan fingerprint density at radius 3 is 2.36 bits per heavy atom. The van der Waals surface area contributed by atoms with Crippen LogP contribution in [0.5, 0.6) is 0 Å². The first kappa shape index (κ1) is 15.0. The minimum Gasteiger partial charge on any atom is -0.314 e. The van der Waals surface area contributed by atoms with Crippen LogP contribution >= 0.6 is 0 Å². The molecule has 0 atom stereocenters. The summed E-state index contributed by atoms with van der Waals surface area (Å²) in [6, 6.07) is 5.45. The lowest BCUT2D eigenvalue weighted by molar-refractivity contribution is -0.123. The normalized spacial score (nSPS) is 25.1. The fourth-order valence-electron chi connectivity index (χ4n) is 3.80. The molecule has 0 unspecified atom stereocenters. The number of carbonyl (C=O) groups is 1. The van der Waals surface area contributed by atoms with Gasteiger partial charge in [-0.3, -0.25) is 4.79 Å². The number of anilines is 1. The number of amides is 1. The molecular weight excluding hydrogens is 274 g/mol. The quantitative estimate of drug-likeness (QED) is 0.857. The first-order valence-electron chi connectivity index (χ1n) is 8.32. The lowest BCUT2D eigenvalue weighted by atomic mass is 9.68. The van der Waals surface area contributed by atoms with E-state index in [9.17, 15) is 4.79 Å². The molecule has 1 aromatic rings. The third kappa shape index (κ3) is 2.99. The van der Waals surface area contributed by atoms with Crippen molar-refractivity contribution in [1.82, 2.24) is 4.98 Å². The monoisotopic (exact) mass is 297 g/mol. The highest BCUT2D eigenvalue weighted by Crippen LogP contribution is 2.42. The van der Waals surface area contributed by atoms with Crippen LogP contribution in [0.3, 0.4) is 0 Å². The van der Waals surface area contributed by atoms with Crippen molar-refractivity contribution >= 4 is 11.6 Å². The molecule has 3 rings (SSSR count). The standard InChI is InChI=1S/C18H23N3O/c1-21(17-10-9-16(11-19)20-12-17)18(22)15-7-5-14(6-8-15)13-3-2-4-13/h9-10,12-15H,2-8H2,1H3. The molecule has 22 heavy (non-hydrogen) atoms. The van der Waals surface area contributed by atoms with E-state index in [2.05, 4.69) is 4.98 Å². The minimum atomic E-state index is 0.150. The van der Waals surface area contributed by atoms with E-state index in [1.807, 2.05) is 13.1 Å². The fourth-order valence-corrected chi connectivity index (χ4v) is 3.80. The van der Waals surface area contributed by atoms with Crippen LogP contribution in [0.15, 0.2) is 18.3 Å².